The van der Waals surface area contributed by atoms with E-state index in [-0.39, 0.29) is 11.9 Å². The van der Waals surface area contributed by atoms with Gasteiger partial charge < -0.3 is 10.2 Å². The summed E-state index contributed by atoms with van der Waals surface area (Å²) in [6.07, 6.45) is 4.28. The number of carbonyl (C=O) groups is 1. The van der Waals surface area contributed by atoms with Crippen molar-refractivity contribution < 1.29 is 4.79 Å². The second-order valence-electron chi connectivity index (χ2n) is 5.04. The van der Waals surface area contributed by atoms with Gasteiger partial charge in [0.05, 0.1) is 23.5 Å². The van der Waals surface area contributed by atoms with Crippen LogP contribution in [0.3, 0.4) is 0 Å². The second kappa shape index (κ2) is 5.29. The van der Waals surface area contributed by atoms with Crippen molar-refractivity contribution in [1.82, 2.24) is 9.78 Å². The first-order valence-corrected chi connectivity index (χ1v) is 6.74. The lowest BCUT2D eigenvalue weighted by Gasteiger charge is -2.15. The third-order valence-corrected chi connectivity index (χ3v) is 3.56. The molecule has 0 spiro atoms. The monoisotopic (exact) mass is 281 g/mol. The molecule has 1 atom stereocenters. The van der Waals surface area contributed by atoms with Crippen LogP contribution in [0, 0.1) is 11.3 Å². The minimum absolute atomic E-state index is 0.0485. The molecule has 1 fully saturated rings. The van der Waals surface area contributed by atoms with Crippen molar-refractivity contribution in [3.63, 3.8) is 0 Å². The third kappa shape index (κ3) is 2.58. The fourth-order valence-electron chi connectivity index (χ4n) is 2.46. The van der Waals surface area contributed by atoms with Gasteiger partial charge in [-0.1, -0.05) is 0 Å². The first kappa shape index (κ1) is 13.2. The number of hydrogen-bond acceptors (Lipinski definition) is 4. The van der Waals surface area contributed by atoms with Crippen molar-refractivity contribution in [3.05, 3.63) is 42.2 Å². The number of amides is 1. The molecule has 1 aliphatic rings. The second-order valence-corrected chi connectivity index (χ2v) is 5.04. The molecule has 1 saturated heterocycles. The molecular formula is C15H15N5O. The van der Waals surface area contributed by atoms with Crippen molar-refractivity contribution in [3.8, 4) is 6.07 Å². The molecule has 1 aliphatic heterocycles. The van der Waals surface area contributed by atoms with E-state index in [9.17, 15) is 4.79 Å². The van der Waals surface area contributed by atoms with E-state index >= 15 is 0 Å². The Kier molecular flexibility index (Phi) is 3.32. The van der Waals surface area contributed by atoms with Gasteiger partial charge in [-0.05, 0) is 30.7 Å². The van der Waals surface area contributed by atoms with Gasteiger partial charge in [0, 0.05) is 25.5 Å². The maximum Gasteiger partial charge on any atom is 0.249 e. The summed E-state index contributed by atoms with van der Waals surface area (Å²) in [5.74, 6) is 0.0485. The van der Waals surface area contributed by atoms with Gasteiger partial charge >= 0.3 is 0 Å². The fourth-order valence-corrected chi connectivity index (χ4v) is 2.46. The van der Waals surface area contributed by atoms with Gasteiger partial charge in [-0.2, -0.15) is 10.4 Å². The van der Waals surface area contributed by atoms with Crippen LogP contribution in [-0.2, 0) is 11.8 Å². The molecule has 0 saturated carbocycles. The number of nitrogens with one attached hydrogen (secondary N) is 1. The minimum Gasteiger partial charge on any atom is -0.374 e. The van der Waals surface area contributed by atoms with Crippen LogP contribution in [0.2, 0.25) is 0 Å². The topological polar surface area (TPSA) is 73.9 Å². The van der Waals surface area contributed by atoms with E-state index in [1.54, 1.807) is 27.9 Å². The van der Waals surface area contributed by atoms with Crippen molar-refractivity contribution in [2.24, 2.45) is 7.05 Å². The molecule has 3 rings (SSSR count). The lowest BCUT2D eigenvalue weighted by atomic mass is 10.2. The predicted octanol–water partition coefficient (Wildman–Crippen LogP) is 1.51. The molecule has 2 heterocycles. The molecule has 0 bridgehead atoms. The molecule has 1 amide bonds. The number of hydrogen-bond donors (Lipinski definition) is 1. The number of benzene rings is 1. The van der Waals surface area contributed by atoms with E-state index in [1.807, 2.05) is 25.4 Å². The van der Waals surface area contributed by atoms with Gasteiger partial charge in [-0.3, -0.25) is 9.48 Å². The maximum atomic E-state index is 12.4. The summed E-state index contributed by atoms with van der Waals surface area (Å²) in [5.41, 5.74) is 2.28. The lowest BCUT2D eigenvalue weighted by molar-refractivity contribution is -0.117. The van der Waals surface area contributed by atoms with Crippen molar-refractivity contribution in [2.75, 3.05) is 16.8 Å². The average molecular weight is 281 g/mol. The molecule has 2 aromatic rings. The van der Waals surface area contributed by atoms with E-state index in [1.165, 1.54) is 0 Å². The Balaban J connectivity index is 1.70. The zero-order chi connectivity index (χ0) is 14.8. The van der Waals surface area contributed by atoms with Crippen LogP contribution < -0.4 is 10.2 Å². The van der Waals surface area contributed by atoms with Gasteiger partial charge in [-0.15, -0.1) is 0 Å². The third-order valence-electron chi connectivity index (χ3n) is 3.56. The first-order valence-electron chi connectivity index (χ1n) is 6.74. The van der Waals surface area contributed by atoms with Gasteiger partial charge in [0.15, 0.2) is 0 Å². The summed E-state index contributed by atoms with van der Waals surface area (Å²) < 4.78 is 1.68. The van der Waals surface area contributed by atoms with Crippen LogP contribution >= 0.6 is 0 Å². The zero-order valence-corrected chi connectivity index (χ0v) is 11.7. The fraction of sp³-hybridized carbons (Fsp3) is 0.267. The number of nitriles is 1. The molecule has 6 heteroatoms. The number of carbonyl (C=O) groups excluding carboxylic acids is 1. The summed E-state index contributed by atoms with van der Waals surface area (Å²) in [6, 6.07) is 8.95. The normalized spacial score (nSPS) is 17.8. The molecule has 1 aromatic carbocycles. The summed E-state index contributed by atoms with van der Waals surface area (Å²) in [6.45, 7) is 0.679. The van der Waals surface area contributed by atoms with Gasteiger partial charge in [0.25, 0.3) is 0 Å². The molecule has 0 aliphatic carbocycles. The average Bonchev–Trinajstić information content (AvgIpc) is 3.07. The number of nitrogens with zero attached hydrogens (tertiary/aromatic N) is 4. The number of anilines is 2. The molecule has 1 aromatic heterocycles. The van der Waals surface area contributed by atoms with Crippen LogP contribution in [0.5, 0.6) is 0 Å². The van der Waals surface area contributed by atoms with E-state index in [4.69, 9.17) is 5.26 Å². The molecule has 1 unspecified atom stereocenters. The highest BCUT2D eigenvalue weighted by Gasteiger charge is 2.32. The van der Waals surface area contributed by atoms with Crippen molar-refractivity contribution in [1.29, 1.82) is 5.26 Å². The zero-order valence-electron chi connectivity index (χ0n) is 11.7. The smallest absolute Gasteiger partial charge is 0.249 e. The highest BCUT2D eigenvalue weighted by Crippen LogP contribution is 2.23. The van der Waals surface area contributed by atoms with Crippen LogP contribution in [0.1, 0.15) is 12.0 Å². The van der Waals surface area contributed by atoms with Crippen LogP contribution in [0.25, 0.3) is 0 Å². The van der Waals surface area contributed by atoms with Crippen LogP contribution in [-0.4, -0.2) is 28.3 Å². The largest absolute Gasteiger partial charge is 0.374 e. The Morgan fingerprint density at radius 1 is 1.38 bits per heavy atom. The van der Waals surface area contributed by atoms with Gasteiger partial charge in [0.2, 0.25) is 5.91 Å². The molecule has 6 nitrogen and oxygen atoms in total. The Morgan fingerprint density at radius 3 is 2.76 bits per heavy atom. The van der Waals surface area contributed by atoms with E-state index in [2.05, 4.69) is 16.5 Å². The quantitative estimate of drug-likeness (QED) is 0.925. The molecular weight excluding hydrogens is 266 g/mol. The highest BCUT2D eigenvalue weighted by molar-refractivity contribution is 6.00. The molecule has 106 valence electrons. The molecule has 0 radical (unpaired) electrons. The summed E-state index contributed by atoms with van der Waals surface area (Å²) in [4.78, 5) is 14.2. The Hall–Kier alpha value is -2.81. The van der Waals surface area contributed by atoms with Crippen LogP contribution in [0.4, 0.5) is 11.4 Å². The van der Waals surface area contributed by atoms with E-state index in [0.29, 0.717) is 12.1 Å². The molecule has 21 heavy (non-hydrogen) atoms. The van der Waals surface area contributed by atoms with Crippen molar-refractivity contribution >= 4 is 17.3 Å². The number of rotatable bonds is 3. The summed E-state index contributed by atoms with van der Waals surface area (Å²) >= 11 is 0. The van der Waals surface area contributed by atoms with Gasteiger partial charge in [0.1, 0.15) is 6.04 Å². The van der Waals surface area contributed by atoms with E-state index < -0.39 is 0 Å². The predicted molar refractivity (Wildman–Crippen MR) is 78.7 cm³/mol. The van der Waals surface area contributed by atoms with E-state index in [0.717, 1.165) is 17.8 Å². The lowest BCUT2D eigenvalue weighted by Crippen LogP contribution is -2.33. The number of aryl methyl sites for hydroxylation is 1. The maximum absolute atomic E-state index is 12.4. The SMILES string of the molecule is Cn1cc(N2CCC(Nc3ccc(C#N)cc3)C2=O)cn1. The van der Waals surface area contributed by atoms with Crippen LogP contribution in [0.15, 0.2) is 36.7 Å². The summed E-state index contributed by atoms with van der Waals surface area (Å²) in [5, 5.41) is 16.1. The Labute approximate surface area is 122 Å². The summed E-state index contributed by atoms with van der Waals surface area (Å²) in [7, 11) is 1.83. The van der Waals surface area contributed by atoms with Gasteiger partial charge in [-0.25, -0.2) is 0 Å². The molecule has 1 N–H and O–H groups in total. The highest BCUT2D eigenvalue weighted by atomic mass is 16.2. The minimum atomic E-state index is -0.238. The van der Waals surface area contributed by atoms with Crippen molar-refractivity contribution in [2.45, 2.75) is 12.5 Å². The Morgan fingerprint density at radius 2 is 2.14 bits per heavy atom. The number of aromatic nitrogens is 2. The first-order chi connectivity index (χ1) is 10.2. The Bertz CT molecular complexity index is 698. The standard InChI is InChI=1S/C15H15N5O/c1-19-10-13(9-17-19)20-7-6-14(15(20)21)18-12-4-2-11(8-16)3-5-12/h2-5,9-10,14,18H,6-7H2,1H3.